The number of phenolic OH excluding ortho intramolecular Hbond substituents is 1. The molecule has 0 unspecified atom stereocenters. The molecule has 0 aromatic heterocycles. The molecule has 1 aromatic rings. The molecule has 1 aromatic carbocycles. The first-order valence-electron chi connectivity index (χ1n) is 5.28. The zero-order valence-corrected chi connectivity index (χ0v) is 9.88. The third kappa shape index (κ3) is 4.25. The smallest absolute Gasteiger partial charge is 0.322 e. The van der Waals surface area contributed by atoms with Crippen LogP contribution >= 0.6 is 0 Å². The van der Waals surface area contributed by atoms with E-state index in [1.165, 1.54) is 6.07 Å². The summed E-state index contributed by atoms with van der Waals surface area (Å²) in [5, 5.41) is 20.1. The van der Waals surface area contributed by atoms with Gasteiger partial charge in [-0.15, -0.1) is 0 Å². The molecule has 0 fully saturated rings. The second-order valence-electron chi connectivity index (χ2n) is 3.59. The number of aromatic hydroxyl groups is 1. The quantitative estimate of drug-likeness (QED) is 0.659. The molecule has 1 rings (SSSR count). The van der Waals surface area contributed by atoms with Gasteiger partial charge >= 0.3 is 5.97 Å². The zero-order valence-electron chi connectivity index (χ0n) is 9.88. The van der Waals surface area contributed by atoms with Crippen molar-refractivity contribution >= 4 is 17.6 Å². The second kappa shape index (κ2) is 6.39. The lowest BCUT2D eigenvalue weighted by atomic mass is 10.1. The maximum absolute atomic E-state index is 11.2. The fraction of sp³-hybridized carbons (Fsp3) is 0.250. The molecule has 0 aliphatic rings. The SMILES string of the molecule is CC(=NCC(=O)NCC(=O)O)c1ccccc1O. The Hall–Kier alpha value is -2.37. The van der Waals surface area contributed by atoms with E-state index in [1.54, 1.807) is 25.1 Å². The van der Waals surface area contributed by atoms with Crippen LogP contribution in [-0.4, -0.2) is 40.9 Å². The highest BCUT2D eigenvalue weighted by Gasteiger charge is 2.05. The number of nitrogens with one attached hydrogen (secondary N) is 1. The molecule has 6 heteroatoms. The topological polar surface area (TPSA) is 99.0 Å². The molecule has 6 nitrogen and oxygen atoms in total. The van der Waals surface area contributed by atoms with Gasteiger partial charge in [-0.1, -0.05) is 12.1 Å². The van der Waals surface area contributed by atoms with E-state index in [0.717, 1.165) is 0 Å². The number of carbonyl (C=O) groups is 2. The van der Waals surface area contributed by atoms with Crippen molar-refractivity contribution in [2.75, 3.05) is 13.1 Å². The summed E-state index contributed by atoms with van der Waals surface area (Å²) in [4.78, 5) is 25.4. The number of nitrogens with zero attached hydrogens (tertiary/aromatic N) is 1. The first-order valence-corrected chi connectivity index (χ1v) is 5.28. The Kier molecular flexibility index (Phi) is 4.86. The lowest BCUT2D eigenvalue weighted by Gasteiger charge is -2.04. The summed E-state index contributed by atoms with van der Waals surface area (Å²) in [6, 6.07) is 6.65. The monoisotopic (exact) mass is 250 g/mol. The summed E-state index contributed by atoms with van der Waals surface area (Å²) in [5.74, 6) is -1.50. The van der Waals surface area contributed by atoms with Crippen LogP contribution < -0.4 is 5.32 Å². The lowest BCUT2D eigenvalue weighted by Crippen LogP contribution is -2.31. The van der Waals surface area contributed by atoms with Gasteiger partial charge in [-0.3, -0.25) is 14.6 Å². The van der Waals surface area contributed by atoms with Crippen LogP contribution in [0.3, 0.4) is 0 Å². The Morgan fingerprint density at radius 3 is 2.61 bits per heavy atom. The molecule has 0 atom stereocenters. The van der Waals surface area contributed by atoms with Gasteiger partial charge in [0.05, 0.1) is 0 Å². The number of carbonyl (C=O) groups excluding carboxylic acids is 1. The Balaban J connectivity index is 2.60. The average Bonchev–Trinajstić information content (AvgIpc) is 2.34. The number of para-hydroxylation sites is 1. The standard InChI is InChI=1S/C12H14N2O4/c1-8(9-4-2-3-5-10(9)15)13-6-11(16)14-7-12(17)18/h2-5,15H,6-7H2,1H3,(H,14,16)(H,17,18). The van der Waals surface area contributed by atoms with Crippen LogP contribution in [0.25, 0.3) is 0 Å². The molecule has 1 amide bonds. The molecule has 0 saturated heterocycles. The number of hydrogen-bond donors (Lipinski definition) is 3. The summed E-state index contributed by atoms with van der Waals surface area (Å²) in [6.07, 6.45) is 0. The summed E-state index contributed by atoms with van der Waals surface area (Å²) in [6.45, 7) is 1.07. The Labute approximate surface area is 104 Å². The summed E-state index contributed by atoms with van der Waals surface area (Å²) in [7, 11) is 0. The number of aliphatic imine (C=N–C) groups is 1. The lowest BCUT2D eigenvalue weighted by molar-refractivity contribution is -0.137. The van der Waals surface area contributed by atoms with E-state index in [4.69, 9.17) is 5.11 Å². The first-order chi connectivity index (χ1) is 8.50. The van der Waals surface area contributed by atoms with Crippen molar-refractivity contribution < 1.29 is 19.8 Å². The van der Waals surface area contributed by atoms with Crippen LogP contribution in [0.4, 0.5) is 0 Å². The number of carboxylic acid groups (broad SMARTS) is 1. The van der Waals surface area contributed by atoms with Crippen molar-refractivity contribution in [2.45, 2.75) is 6.92 Å². The van der Waals surface area contributed by atoms with E-state index in [2.05, 4.69) is 10.3 Å². The minimum atomic E-state index is -1.11. The average molecular weight is 250 g/mol. The van der Waals surface area contributed by atoms with E-state index < -0.39 is 18.4 Å². The van der Waals surface area contributed by atoms with Crippen LogP contribution in [0.15, 0.2) is 29.3 Å². The zero-order chi connectivity index (χ0) is 13.5. The van der Waals surface area contributed by atoms with E-state index in [0.29, 0.717) is 11.3 Å². The molecule has 0 saturated carbocycles. The van der Waals surface area contributed by atoms with Gasteiger partial charge in [-0.2, -0.15) is 0 Å². The molecule has 0 heterocycles. The first kappa shape index (κ1) is 13.7. The predicted molar refractivity (Wildman–Crippen MR) is 65.8 cm³/mol. The van der Waals surface area contributed by atoms with Gasteiger partial charge in [-0.05, 0) is 19.1 Å². The van der Waals surface area contributed by atoms with Gasteiger partial charge in [0.25, 0.3) is 0 Å². The van der Waals surface area contributed by atoms with Gasteiger partial charge in [0.15, 0.2) is 0 Å². The van der Waals surface area contributed by atoms with E-state index in [9.17, 15) is 14.7 Å². The van der Waals surface area contributed by atoms with Gasteiger partial charge in [0.2, 0.25) is 5.91 Å². The molecule has 96 valence electrons. The highest BCUT2D eigenvalue weighted by molar-refractivity contribution is 6.02. The van der Waals surface area contributed by atoms with Crippen molar-refractivity contribution in [2.24, 2.45) is 4.99 Å². The highest BCUT2D eigenvalue weighted by Crippen LogP contribution is 2.16. The molecule has 0 radical (unpaired) electrons. The van der Waals surface area contributed by atoms with Crippen LogP contribution in [0.5, 0.6) is 5.75 Å². The highest BCUT2D eigenvalue weighted by atomic mass is 16.4. The number of hydrogen-bond acceptors (Lipinski definition) is 4. The van der Waals surface area contributed by atoms with E-state index >= 15 is 0 Å². The molecule has 18 heavy (non-hydrogen) atoms. The molecule has 0 bridgehead atoms. The van der Waals surface area contributed by atoms with Crippen molar-refractivity contribution in [3.63, 3.8) is 0 Å². The van der Waals surface area contributed by atoms with Crippen LogP contribution in [-0.2, 0) is 9.59 Å². The van der Waals surface area contributed by atoms with Crippen LogP contribution in [0.1, 0.15) is 12.5 Å². The van der Waals surface area contributed by atoms with E-state index in [-0.39, 0.29) is 12.3 Å². The van der Waals surface area contributed by atoms with Crippen LogP contribution in [0, 0.1) is 0 Å². The van der Waals surface area contributed by atoms with Gasteiger partial charge in [0.1, 0.15) is 18.8 Å². The number of phenols is 1. The number of carboxylic acids is 1. The van der Waals surface area contributed by atoms with Crippen LogP contribution in [0.2, 0.25) is 0 Å². The van der Waals surface area contributed by atoms with Gasteiger partial charge < -0.3 is 15.5 Å². The molecule has 0 aliphatic heterocycles. The molecular weight excluding hydrogens is 236 g/mol. The minimum Gasteiger partial charge on any atom is -0.507 e. The van der Waals surface area contributed by atoms with Crippen molar-refractivity contribution in [1.82, 2.24) is 5.32 Å². The second-order valence-corrected chi connectivity index (χ2v) is 3.59. The molecule has 0 aliphatic carbocycles. The maximum Gasteiger partial charge on any atom is 0.322 e. The van der Waals surface area contributed by atoms with Crippen molar-refractivity contribution in [3.8, 4) is 5.75 Å². The Morgan fingerprint density at radius 1 is 1.33 bits per heavy atom. The van der Waals surface area contributed by atoms with Crippen molar-refractivity contribution in [1.29, 1.82) is 0 Å². The maximum atomic E-state index is 11.2. The fourth-order valence-electron chi connectivity index (χ4n) is 1.29. The number of aliphatic carboxylic acids is 1. The number of benzene rings is 1. The largest absolute Gasteiger partial charge is 0.507 e. The molecular formula is C12H14N2O4. The molecule has 3 N–H and O–H groups in total. The minimum absolute atomic E-state index is 0.0877. The van der Waals surface area contributed by atoms with Gasteiger partial charge in [-0.25, -0.2) is 0 Å². The summed E-state index contributed by atoms with van der Waals surface area (Å²) >= 11 is 0. The van der Waals surface area contributed by atoms with Crippen molar-refractivity contribution in [3.05, 3.63) is 29.8 Å². The fourth-order valence-corrected chi connectivity index (χ4v) is 1.29. The summed E-state index contributed by atoms with van der Waals surface area (Å²) in [5.41, 5.74) is 1.06. The Bertz CT molecular complexity index is 483. The number of amides is 1. The van der Waals surface area contributed by atoms with E-state index in [1.807, 2.05) is 0 Å². The molecule has 0 spiro atoms. The summed E-state index contributed by atoms with van der Waals surface area (Å²) < 4.78 is 0. The normalized spacial score (nSPS) is 11.1. The Morgan fingerprint density at radius 2 is 2.00 bits per heavy atom. The van der Waals surface area contributed by atoms with Gasteiger partial charge in [0, 0.05) is 11.3 Å². The number of rotatable bonds is 5. The predicted octanol–water partition coefficient (Wildman–Crippen LogP) is 0.402. The third-order valence-electron chi connectivity index (χ3n) is 2.19. The third-order valence-corrected chi connectivity index (χ3v) is 2.19.